The number of hydrogen-bond donors (Lipinski definition) is 0. The van der Waals surface area contributed by atoms with E-state index in [2.05, 4.69) is 22.9 Å². The number of nitriles is 1. The van der Waals surface area contributed by atoms with Gasteiger partial charge < -0.3 is 14.5 Å². The third-order valence-corrected chi connectivity index (χ3v) is 4.22. The Balaban J connectivity index is 1.84. The van der Waals surface area contributed by atoms with Gasteiger partial charge in [-0.1, -0.05) is 0 Å². The molecule has 0 N–H and O–H groups in total. The Morgan fingerprint density at radius 1 is 1.32 bits per heavy atom. The number of rotatable bonds is 4. The van der Waals surface area contributed by atoms with Crippen molar-refractivity contribution in [1.82, 2.24) is 4.90 Å². The predicted molar refractivity (Wildman–Crippen MR) is 81.0 cm³/mol. The molecule has 1 aromatic rings. The van der Waals surface area contributed by atoms with Crippen LogP contribution >= 0.6 is 0 Å². The average molecular weight is 302 g/mol. The summed E-state index contributed by atoms with van der Waals surface area (Å²) in [7, 11) is 2.06. The fraction of sp³-hybridized carbons (Fsp3) is 0.533. The lowest BCUT2D eigenvalue weighted by Crippen LogP contribution is -2.44. The van der Waals surface area contributed by atoms with Crippen molar-refractivity contribution in [2.75, 3.05) is 38.1 Å². The molecule has 7 heteroatoms. The Hall–Kier alpha value is -2.33. The van der Waals surface area contributed by atoms with Gasteiger partial charge >= 0.3 is 5.69 Å². The summed E-state index contributed by atoms with van der Waals surface area (Å²) in [5.74, 6) is 0.182. The minimum atomic E-state index is -0.861. The molecule has 2 fully saturated rings. The largest absolute Gasteiger partial charge is 0.465 e. The molecular formula is C15H18N4O3. The summed E-state index contributed by atoms with van der Waals surface area (Å²) in [6, 6.07) is 7.09. The van der Waals surface area contributed by atoms with E-state index < -0.39 is 10.5 Å². The third-order valence-electron chi connectivity index (χ3n) is 4.22. The van der Waals surface area contributed by atoms with Crippen LogP contribution in [-0.4, -0.2) is 48.7 Å². The number of hydrogen-bond acceptors (Lipinski definition) is 6. The molecule has 0 bridgehead atoms. The highest BCUT2D eigenvalue weighted by molar-refractivity contribution is 5.60. The van der Waals surface area contributed by atoms with Gasteiger partial charge in [0.2, 0.25) is 0 Å². The summed E-state index contributed by atoms with van der Waals surface area (Å²) in [5.41, 5.74) is -0.105. The van der Waals surface area contributed by atoms with E-state index in [0.29, 0.717) is 12.8 Å². The van der Waals surface area contributed by atoms with Gasteiger partial charge in [0.15, 0.2) is 11.4 Å². The monoisotopic (exact) mass is 302 g/mol. The lowest BCUT2D eigenvalue weighted by atomic mass is 10.2. The van der Waals surface area contributed by atoms with Crippen LogP contribution in [0.4, 0.5) is 11.4 Å². The van der Waals surface area contributed by atoms with Crippen LogP contribution in [0.1, 0.15) is 12.8 Å². The summed E-state index contributed by atoms with van der Waals surface area (Å²) in [6.45, 7) is 3.55. The first-order chi connectivity index (χ1) is 10.5. The number of benzene rings is 1. The van der Waals surface area contributed by atoms with Crippen molar-refractivity contribution in [2.45, 2.75) is 18.4 Å². The molecule has 2 aliphatic rings. The van der Waals surface area contributed by atoms with Crippen LogP contribution in [0.25, 0.3) is 0 Å². The Bertz CT molecular complexity index is 628. The van der Waals surface area contributed by atoms with E-state index in [1.54, 1.807) is 12.1 Å². The van der Waals surface area contributed by atoms with E-state index in [-0.39, 0.29) is 11.4 Å². The number of nitro benzene ring substituents is 1. The van der Waals surface area contributed by atoms with Gasteiger partial charge in [-0.25, -0.2) is 0 Å². The standard InChI is InChI=1S/C15H18N4O3/c1-17-6-8-18(9-7-17)12-2-3-14(13(10-12)19(20)21)22-15(11-16)4-5-15/h2-3,10H,4-9H2,1H3. The first kappa shape index (κ1) is 14.6. The van der Waals surface area contributed by atoms with Gasteiger partial charge in [0.05, 0.1) is 4.92 Å². The predicted octanol–water partition coefficient (Wildman–Crippen LogP) is 1.78. The Kier molecular flexibility index (Phi) is 3.62. The summed E-state index contributed by atoms with van der Waals surface area (Å²) in [6.07, 6.45) is 1.25. The summed E-state index contributed by atoms with van der Waals surface area (Å²) >= 11 is 0. The molecule has 116 valence electrons. The summed E-state index contributed by atoms with van der Waals surface area (Å²) < 4.78 is 5.58. The zero-order chi connectivity index (χ0) is 15.7. The van der Waals surface area contributed by atoms with Gasteiger partial charge in [-0.3, -0.25) is 10.1 Å². The fourth-order valence-electron chi connectivity index (χ4n) is 2.56. The van der Waals surface area contributed by atoms with Crippen molar-refractivity contribution in [1.29, 1.82) is 5.26 Å². The van der Waals surface area contributed by atoms with Crippen LogP contribution in [0.5, 0.6) is 5.75 Å². The lowest BCUT2D eigenvalue weighted by molar-refractivity contribution is -0.386. The van der Waals surface area contributed by atoms with Crippen LogP contribution in [0.15, 0.2) is 18.2 Å². The van der Waals surface area contributed by atoms with Crippen LogP contribution < -0.4 is 9.64 Å². The first-order valence-electron chi connectivity index (χ1n) is 7.35. The lowest BCUT2D eigenvalue weighted by Gasteiger charge is -2.34. The number of piperazine rings is 1. The molecule has 1 aliphatic heterocycles. The molecular weight excluding hydrogens is 284 g/mol. The van der Waals surface area contributed by atoms with Crippen molar-refractivity contribution in [3.8, 4) is 11.8 Å². The van der Waals surface area contributed by atoms with E-state index >= 15 is 0 Å². The molecule has 0 radical (unpaired) electrons. The zero-order valence-corrected chi connectivity index (χ0v) is 12.5. The summed E-state index contributed by atoms with van der Waals surface area (Å²) in [5, 5.41) is 20.4. The molecule has 0 spiro atoms. The molecule has 3 rings (SSSR count). The Morgan fingerprint density at radius 3 is 2.55 bits per heavy atom. The topological polar surface area (TPSA) is 82.6 Å². The zero-order valence-electron chi connectivity index (χ0n) is 12.5. The van der Waals surface area contributed by atoms with Gasteiger partial charge in [0.25, 0.3) is 0 Å². The second kappa shape index (κ2) is 5.46. The molecule has 1 heterocycles. The van der Waals surface area contributed by atoms with E-state index in [9.17, 15) is 10.1 Å². The molecule has 22 heavy (non-hydrogen) atoms. The van der Waals surface area contributed by atoms with E-state index in [1.807, 2.05) is 6.07 Å². The van der Waals surface area contributed by atoms with E-state index in [4.69, 9.17) is 10.00 Å². The molecule has 0 amide bonds. The SMILES string of the molecule is CN1CCN(c2ccc(OC3(C#N)CC3)c([N+](=O)[O-])c2)CC1. The molecule has 1 aliphatic carbocycles. The number of likely N-dealkylation sites (N-methyl/N-ethyl adjacent to an activating group) is 1. The van der Waals surface area contributed by atoms with Gasteiger partial charge in [-0.05, 0) is 19.2 Å². The van der Waals surface area contributed by atoms with Gasteiger partial charge in [-0.2, -0.15) is 5.26 Å². The highest BCUT2D eigenvalue weighted by Crippen LogP contribution is 2.43. The van der Waals surface area contributed by atoms with Gasteiger partial charge in [0.1, 0.15) is 6.07 Å². The van der Waals surface area contributed by atoms with Crippen LogP contribution in [0.2, 0.25) is 0 Å². The minimum absolute atomic E-state index is 0.0713. The Labute approximate surface area is 128 Å². The first-order valence-corrected chi connectivity index (χ1v) is 7.35. The number of nitrogens with zero attached hydrogens (tertiary/aromatic N) is 4. The van der Waals surface area contributed by atoms with Crippen molar-refractivity contribution >= 4 is 11.4 Å². The average Bonchev–Trinajstić information content (AvgIpc) is 3.28. The minimum Gasteiger partial charge on any atom is -0.465 e. The molecule has 0 unspecified atom stereocenters. The number of anilines is 1. The van der Waals surface area contributed by atoms with Crippen LogP contribution in [0.3, 0.4) is 0 Å². The maximum atomic E-state index is 11.3. The Morgan fingerprint density at radius 2 is 2.00 bits per heavy atom. The molecule has 0 atom stereocenters. The summed E-state index contributed by atoms with van der Waals surface area (Å²) in [4.78, 5) is 15.2. The number of nitro groups is 1. The quantitative estimate of drug-likeness (QED) is 0.623. The highest BCUT2D eigenvalue weighted by Gasteiger charge is 2.47. The normalized spacial score (nSPS) is 20.3. The van der Waals surface area contributed by atoms with Gasteiger partial charge in [0, 0.05) is 50.8 Å². The molecule has 0 aromatic heterocycles. The fourth-order valence-corrected chi connectivity index (χ4v) is 2.56. The maximum Gasteiger partial charge on any atom is 0.313 e. The molecule has 1 saturated heterocycles. The van der Waals surface area contributed by atoms with Crippen molar-refractivity contribution in [3.05, 3.63) is 28.3 Å². The second-order valence-electron chi connectivity index (χ2n) is 5.91. The molecule has 7 nitrogen and oxygen atoms in total. The third kappa shape index (κ3) is 2.83. The molecule has 1 aromatic carbocycles. The van der Waals surface area contributed by atoms with Crippen molar-refractivity contribution in [2.24, 2.45) is 0 Å². The van der Waals surface area contributed by atoms with Crippen LogP contribution in [0, 0.1) is 21.4 Å². The van der Waals surface area contributed by atoms with Gasteiger partial charge in [-0.15, -0.1) is 0 Å². The van der Waals surface area contributed by atoms with Crippen molar-refractivity contribution < 1.29 is 9.66 Å². The van der Waals surface area contributed by atoms with E-state index in [0.717, 1.165) is 31.9 Å². The maximum absolute atomic E-state index is 11.3. The van der Waals surface area contributed by atoms with E-state index in [1.165, 1.54) is 0 Å². The smallest absolute Gasteiger partial charge is 0.313 e. The highest BCUT2D eigenvalue weighted by atomic mass is 16.6. The van der Waals surface area contributed by atoms with Crippen molar-refractivity contribution in [3.63, 3.8) is 0 Å². The molecule has 1 saturated carbocycles. The van der Waals surface area contributed by atoms with Crippen LogP contribution in [-0.2, 0) is 0 Å². The number of ether oxygens (including phenoxy) is 1. The second-order valence-corrected chi connectivity index (χ2v) is 5.91.